The SMILES string of the molecule is Cc1ccc(-n2ncc3c(C)n[nH]c(=S)c32)cc1C. The maximum atomic E-state index is 5.33. The molecule has 0 bridgehead atoms. The Hall–Kier alpha value is -2.01. The summed E-state index contributed by atoms with van der Waals surface area (Å²) in [6.07, 6.45) is 1.82. The summed E-state index contributed by atoms with van der Waals surface area (Å²) < 4.78 is 2.48. The third-order valence-corrected chi connectivity index (χ3v) is 3.72. The molecule has 0 amide bonds. The first-order valence-corrected chi connectivity index (χ1v) is 6.49. The molecule has 0 unspecified atom stereocenters. The van der Waals surface area contributed by atoms with E-state index in [9.17, 15) is 0 Å². The van der Waals surface area contributed by atoms with Crippen molar-refractivity contribution in [1.29, 1.82) is 0 Å². The van der Waals surface area contributed by atoms with E-state index in [4.69, 9.17) is 12.2 Å². The topological polar surface area (TPSA) is 46.5 Å². The molecule has 0 saturated carbocycles. The Morgan fingerprint density at radius 3 is 2.68 bits per heavy atom. The van der Waals surface area contributed by atoms with Crippen LogP contribution >= 0.6 is 12.2 Å². The molecule has 2 heterocycles. The smallest absolute Gasteiger partial charge is 0.146 e. The zero-order valence-electron chi connectivity index (χ0n) is 11.1. The van der Waals surface area contributed by atoms with Gasteiger partial charge in [0.15, 0.2) is 0 Å². The van der Waals surface area contributed by atoms with Gasteiger partial charge in [0.25, 0.3) is 0 Å². The van der Waals surface area contributed by atoms with Gasteiger partial charge in [-0.25, -0.2) is 4.68 Å². The van der Waals surface area contributed by atoms with Crippen LogP contribution in [0.25, 0.3) is 16.6 Å². The first kappa shape index (κ1) is 12.0. The summed E-state index contributed by atoms with van der Waals surface area (Å²) in [6.45, 7) is 6.14. The van der Waals surface area contributed by atoms with Gasteiger partial charge in [0, 0.05) is 5.39 Å². The van der Waals surface area contributed by atoms with Crippen molar-refractivity contribution in [3.05, 3.63) is 45.9 Å². The summed E-state index contributed by atoms with van der Waals surface area (Å²) in [5.41, 5.74) is 5.33. The Morgan fingerprint density at radius 1 is 1.16 bits per heavy atom. The van der Waals surface area contributed by atoms with Crippen LogP contribution in [-0.2, 0) is 0 Å². The predicted molar refractivity (Wildman–Crippen MR) is 78.3 cm³/mol. The average Bonchev–Trinajstić information content (AvgIpc) is 2.83. The van der Waals surface area contributed by atoms with Crippen molar-refractivity contribution < 1.29 is 0 Å². The summed E-state index contributed by atoms with van der Waals surface area (Å²) in [5.74, 6) is 0. The first-order chi connectivity index (χ1) is 9.08. The van der Waals surface area contributed by atoms with Crippen molar-refractivity contribution in [3.63, 3.8) is 0 Å². The van der Waals surface area contributed by atoms with Gasteiger partial charge in [-0.1, -0.05) is 18.3 Å². The first-order valence-electron chi connectivity index (χ1n) is 6.08. The number of hydrogen-bond donors (Lipinski definition) is 1. The quantitative estimate of drug-likeness (QED) is 0.689. The highest BCUT2D eigenvalue weighted by Crippen LogP contribution is 2.21. The second-order valence-corrected chi connectivity index (χ2v) is 5.13. The number of nitrogens with zero attached hydrogens (tertiary/aromatic N) is 3. The molecule has 96 valence electrons. The van der Waals surface area contributed by atoms with Crippen molar-refractivity contribution in [2.45, 2.75) is 20.8 Å². The number of rotatable bonds is 1. The molecule has 0 fully saturated rings. The lowest BCUT2D eigenvalue weighted by molar-refractivity contribution is 0.897. The Balaban J connectivity index is 2.34. The van der Waals surface area contributed by atoms with Crippen LogP contribution in [0.4, 0.5) is 0 Å². The number of nitrogens with one attached hydrogen (secondary N) is 1. The van der Waals surface area contributed by atoms with Crippen LogP contribution in [-0.4, -0.2) is 20.0 Å². The molecular formula is C14H14N4S. The lowest BCUT2D eigenvalue weighted by Gasteiger charge is -2.07. The van der Waals surface area contributed by atoms with Gasteiger partial charge in [-0.2, -0.15) is 10.2 Å². The molecule has 3 rings (SSSR count). The van der Waals surface area contributed by atoms with E-state index < -0.39 is 0 Å². The molecule has 0 saturated heterocycles. The second-order valence-electron chi connectivity index (χ2n) is 4.73. The van der Waals surface area contributed by atoms with Gasteiger partial charge in [-0.15, -0.1) is 0 Å². The maximum absolute atomic E-state index is 5.33. The number of aromatic nitrogens is 4. The lowest BCUT2D eigenvalue weighted by Crippen LogP contribution is -1.99. The van der Waals surface area contributed by atoms with E-state index in [-0.39, 0.29) is 0 Å². The monoisotopic (exact) mass is 270 g/mol. The maximum Gasteiger partial charge on any atom is 0.146 e. The minimum atomic E-state index is 0.608. The fourth-order valence-corrected chi connectivity index (χ4v) is 2.37. The third kappa shape index (κ3) is 1.86. The molecule has 0 spiro atoms. The van der Waals surface area contributed by atoms with Crippen LogP contribution in [0, 0.1) is 25.4 Å². The van der Waals surface area contributed by atoms with Crippen molar-refractivity contribution in [1.82, 2.24) is 20.0 Å². The highest BCUT2D eigenvalue weighted by molar-refractivity contribution is 7.71. The number of aryl methyl sites for hydroxylation is 3. The van der Waals surface area contributed by atoms with Crippen LogP contribution in [0.5, 0.6) is 0 Å². The number of H-pyrrole nitrogens is 1. The van der Waals surface area contributed by atoms with E-state index >= 15 is 0 Å². The van der Waals surface area contributed by atoms with Crippen molar-refractivity contribution >= 4 is 23.1 Å². The van der Waals surface area contributed by atoms with Crippen molar-refractivity contribution in [2.24, 2.45) is 0 Å². The number of benzene rings is 1. The zero-order valence-corrected chi connectivity index (χ0v) is 11.9. The molecule has 0 aliphatic heterocycles. The standard InChI is InChI=1S/C14H14N4S/c1-8-4-5-11(6-9(8)2)18-13-12(7-15-18)10(3)16-17-14(13)19/h4-7H,1-3H3,(H,17,19). The van der Waals surface area contributed by atoms with Gasteiger partial charge in [0.2, 0.25) is 0 Å². The van der Waals surface area contributed by atoms with E-state index in [0.29, 0.717) is 4.64 Å². The van der Waals surface area contributed by atoms with Gasteiger partial charge in [0.1, 0.15) is 10.2 Å². The Bertz CT molecular complexity index is 829. The molecule has 0 aliphatic carbocycles. The molecular weight excluding hydrogens is 256 g/mol. The summed E-state index contributed by atoms with van der Waals surface area (Å²) in [7, 11) is 0. The molecule has 0 radical (unpaired) electrons. The van der Waals surface area contributed by atoms with E-state index in [1.807, 2.05) is 17.8 Å². The molecule has 2 aromatic heterocycles. The lowest BCUT2D eigenvalue weighted by atomic mass is 10.1. The highest BCUT2D eigenvalue weighted by atomic mass is 32.1. The van der Waals surface area contributed by atoms with Crippen LogP contribution in [0.1, 0.15) is 16.8 Å². The Labute approximate surface area is 116 Å². The summed E-state index contributed by atoms with van der Waals surface area (Å²) in [4.78, 5) is 0. The minimum absolute atomic E-state index is 0.608. The number of hydrogen-bond acceptors (Lipinski definition) is 3. The molecule has 1 N–H and O–H groups in total. The van der Waals surface area contributed by atoms with E-state index in [1.165, 1.54) is 11.1 Å². The second kappa shape index (κ2) is 4.28. The fraction of sp³-hybridized carbons (Fsp3) is 0.214. The highest BCUT2D eigenvalue weighted by Gasteiger charge is 2.10. The largest absolute Gasteiger partial charge is 0.266 e. The average molecular weight is 270 g/mol. The normalized spacial score (nSPS) is 11.1. The molecule has 5 heteroatoms. The van der Waals surface area contributed by atoms with Crippen molar-refractivity contribution in [2.75, 3.05) is 0 Å². The Morgan fingerprint density at radius 2 is 1.95 bits per heavy atom. The molecule has 1 aromatic carbocycles. The molecule has 4 nitrogen and oxygen atoms in total. The van der Waals surface area contributed by atoms with Gasteiger partial charge in [-0.05, 0) is 44.0 Å². The molecule has 0 aliphatic rings. The minimum Gasteiger partial charge on any atom is -0.266 e. The molecule has 0 atom stereocenters. The molecule has 3 aromatic rings. The van der Waals surface area contributed by atoms with Crippen LogP contribution in [0.15, 0.2) is 24.4 Å². The van der Waals surface area contributed by atoms with Crippen LogP contribution < -0.4 is 0 Å². The fourth-order valence-electron chi connectivity index (χ4n) is 2.13. The van der Waals surface area contributed by atoms with Gasteiger partial charge >= 0.3 is 0 Å². The molecule has 19 heavy (non-hydrogen) atoms. The number of aromatic amines is 1. The summed E-state index contributed by atoms with van der Waals surface area (Å²) in [5, 5.41) is 12.5. The van der Waals surface area contributed by atoms with Gasteiger partial charge < -0.3 is 0 Å². The van der Waals surface area contributed by atoms with Crippen molar-refractivity contribution in [3.8, 4) is 5.69 Å². The van der Waals surface area contributed by atoms with Gasteiger partial charge in [0.05, 0.1) is 17.6 Å². The number of fused-ring (bicyclic) bond motifs is 1. The Kier molecular flexibility index (Phi) is 2.71. The van der Waals surface area contributed by atoms with Crippen LogP contribution in [0.3, 0.4) is 0 Å². The third-order valence-electron chi connectivity index (χ3n) is 3.43. The van der Waals surface area contributed by atoms with E-state index in [0.717, 1.165) is 22.3 Å². The van der Waals surface area contributed by atoms with Gasteiger partial charge in [-0.3, -0.25) is 5.10 Å². The summed E-state index contributed by atoms with van der Waals surface area (Å²) >= 11 is 5.33. The zero-order chi connectivity index (χ0) is 13.6. The van der Waals surface area contributed by atoms with Crippen LogP contribution in [0.2, 0.25) is 0 Å². The predicted octanol–water partition coefficient (Wildman–Crippen LogP) is 3.40. The van der Waals surface area contributed by atoms with E-state index in [2.05, 4.69) is 47.3 Å². The van der Waals surface area contributed by atoms with E-state index in [1.54, 1.807) is 0 Å². The summed E-state index contributed by atoms with van der Waals surface area (Å²) in [6, 6.07) is 6.27.